The number of allylic oxidation sites excluding steroid dienone is 2. The highest BCUT2D eigenvalue weighted by Crippen LogP contribution is 2.45. The molecule has 2 aliphatic rings. The van der Waals surface area contributed by atoms with Crippen LogP contribution in [0.2, 0.25) is 10.0 Å². The van der Waals surface area contributed by atoms with Crippen LogP contribution in [0, 0.1) is 5.82 Å². The lowest BCUT2D eigenvalue weighted by Crippen LogP contribution is -2.39. The van der Waals surface area contributed by atoms with Gasteiger partial charge >= 0.3 is 0 Å². The Morgan fingerprint density at radius 3 is 2.68 bits per heavy atom. The Balaban J connectivity index is 1.55. The molecule has 1 aliphatic carbocycles. The number of halogens is 3. The molecule has 2 N–H and O–H groups in total. The lowest BCUT2D eigenvalue weighted by atomic mass is 10.00. The van der Waals surface area contributed by atoms with Crippen molar-refractivity contribution >= 4 is 55.5 Å². The van der Waals surface area contributed by atoms with Gasteiger partial charge in [0.2, 0.25) is 0 Å². The molecule has 3 heterocycles. The average Bonchev–Trinajstić information content (AvgIpc) is 3.54. The number of furan rings is 1. The molecule has 0 amide bonds. The van der Waals surface area contributed by atoms with Gasteiger partial charge in [-0.3, -0.25) is 4.98 Å². The Kier molecular flexibility index (Phi) is 5.94. The van der Waals surface area contributed by atoms with Crippen molar-refractivity contribution in [3.05, 3.63) is 69.4 Å². The van der Waals surface area contributed by atoms with Gasteiger partial charge in [0.25, 0.3) is 10.2 Å². The molecule has 1 aliphatic heterocycles. The Hall–Kier alpha value is -2.43. The quantitative estimate of drug-likeness (QED) is 0.430. The van der Waals surface area contributed by atoms with Crippen LogP contribution in [0.5, 0.6) is 5.75 Å². The molecule has 1 aromatic carbocycles. The summed E-state index contributed by atoms with van der Waals surface area (Å²) in [4.78, 5) is 4.61. The molecule has 2 aromatic heterocycles. The number of hydrogen-bond acceptors (Lipinski definition) is 5. The molecule has 0 bridgehead atoms. The summed E-state index contributed by atoms with van der Waals surface area (Å²) in [5.74, 6) is -0.171. The van der Waals surface area contributed by atoms with E-state index in [9.17, 15) is 12.8 Å². The first-order valence-electron chi connectivity index (χ1n) is 10.5. The molecule has 0 radical (unpaired) electrons. The van der Waals surface area contributed by atoms with Crippen molar-refractivity contribution in [1.82, 2.24) is 9.29 Å². The molecule has 0 unspecified atom stereocenters. The molecular weight excluding hydrogens is 504 g/mol. The first kappa shape index (κ1) is 23.3. The molecule has 3 aromatic rings. The van der Waals surface area contributed by atoms with Crippen molar-refractivity contribution in [3.8, 4) is 5.75 Å². The second-order valence-corrected chi connectivity index (χ2v) is 10.5. The highest BCUT2D eigenvalue weighted by atomic mass is 35.5. The summed E-state index contributed by atoms with van der Waals surface area (Å²) in [7, 11) is -3.75. The minimum Gasteiger partial charge on any atom is -0.480 e. The van der Waals surface area contributed by atoms with Crippen LogP contribution in [0.15, 0.2) is 41.2 Å². The number of nitrogens with two attached hydrogens (primary N) is 1. The van der Waals surface area contributed by atoms with Crippen LogP contribution in [0.25, 0.3) is 22.1 Å². The molecule has 0 saturated heterocycles. The van der Waals surface area contributed by atoms with Crippen molar-refractivity contribution in [2.24, 2.45) is 5.14 Å². The third-order valence-corrected chi connectivity index (χ3v) is 7.71. The lowest BCUT2D eigenvalue weighted by molar-refractivity contribution is 0.225. The molecule has 0 spiro atoms. The van der Waals surface area contributed by atoms with E-state index in [0.29, 0.717) is 29.0 Å². The second-order valence-electron chi connectivity index (χ2n) is 8.16. The van der Waals surface area contributed by atoms with Crippen LogP contribution in [0.1, 0.15) is 42.7 Å². The van der Waals surface area contributed by atoms with E-state index in [4.69, 9.17) is 37.5 Å². The van der Waals surface area contributed by atoms with E-state index >= 15 is 0 Å². The van der Waals surface area contributed by atoms with Crippen LogP contribution < -0.4 is 9.88 Å². The Labute approximate surface area is 205 Å². The van der Waals surface area contributed by atoms with E-state index in [0.717, 1.165) is 28.5 Å². The Morgan fingerprint density at radius 1 is 1.26 bits per heavy atom. The minimum atomic E-state index is -3.75. The number of ether oxygens (including phenoxy) is 1. The molecule has 11 heteroatoms. The fraction of sp³-hybridized carbons (Fsp3) is 0.261. The molecule has 7 nitrogen and oxygen atoms in total. The lowest BCUT2D eigenvalue weighted by Gasteiger charge is -2.23. The maximum atomic E-state index is 14.1. The van der Waals surface area contributed by atoms with Gasteiger partial charge in [-0.05, 0) is 43.0 Å². The Bertz CT molecular complexity index is 1480. The number of benzene rings is 1. The zero-order chi connectivity index (χ0) is 24.2. The van der Waals surface area contributed by atoms with E-state index in [1.54, 1.807) is 19.4 Å². The highest BCUT2D eigenvalue weighted by molar-refractivity contribution is 7.86. The van der Waals surface area contributed by atoms with Gasteiger partial charge in [-0.1, -0.05) is 35.4 Å². The van der Waals surface area contributed by atoms with E-state index in [1.807, 2.05) is 12.2 Å². The van der Waals surface area contributed by atoms with E-state index in [2.05, 4.69) is 4.98 Å². The van der Waals surface area contributed by atoms with Crippen molar-refractivity contribution < 1.29 is 22.0 Å². The van der Waals surface area contributed by atoms with Crippen LogP contribution in [-0.2, 0) is 10.2 Å². The summed E-state index contributed by atoms with van der Waals surface area (Å²) in [6.45, 7) is 2.18. The molecule has 0 fully saturated rings. The zero-order valence-corrected chi connectivity index (χ0v) is 20.3. The fourth-order valence-corrected chi connectivity index (χ4v) is 5.38. The molecular formula is C23H20Cl2FN3O4S. The largest absolute Gasteiger partial charge is 0.480 e. The van der Waals surface area contributed by atoms with Gasteiger partial charge in [0.15, 0.2) is 11.3 Å². The SMILES string of the molecule is C[C@@H](Oc1c(C2=CC2)ncc2c(C3=CCN(S(N)(=O)=O)CC3)coc12)c1c(Cl)ccc(F)c1Cl. The van der Waals surface area contributed by atoms with Gasteiger partial charge in [-0.2, -0.15) is 12.7 Å². The summed E-state index contributed by atoms with van der Waals surface area (Å²) >= 11 is 12.5. The number of hydrogen-bond donors (Lipinski definition) is 1. The van der Waals surface area contributed by atoms with Crippen LogP contribution in [0.3, 0.4) is 0 Å². The van der Waals surface area contributed by atoms with E-state index in [-0.39, 0.29) is 23.1 Å². The third-order valence-electron chi connectivity index (χ3n) is 5.94. The van der Waals surface area contributed by atoms with Gasteiger partial charge in [0, 0.05) is 35.4 Å². The monoisotopic (exact) mass is 523 g/mol. The van der Waals surface area contributed by atoms with Crippen molar-refractivity contribution in [2.75, 3.05) is 13.1 Å². The number of aromatic nitrogens is 1. The standard InChI is InChI=1S/C23H20Cl2FN3O4S/c1-12(19-17(24)4-5-18(26)20(19)25)33-23-21(14-2-3-14)28-10-15-16(11-32-22(15)23)13-6-8-29(9-7-13)34(27,30)31/h2,4-6,10-12H,3,7-9H2,1H3,(H2,27,30,31)/t12-/m1/s1. The molecule has 178 valence electrons. The van der Waals surface area contributed by atoms with Gasteiger partial charge in [-0.25, -0.2) is 9.53 Å². The Morgan fingerprint density at radius 2 is 2.03 bits per heavy atom. The summed E-state index contributed by atoms with van der Waals surface area (Å²) in [5, 5.41) is 6.15. The second kappa shape index (κ2) is 8.66. The fourth-order valence-electron chi connectivity index (χ4n) is 4.07. The number of fused-ring (bicyclic) bond motifs is 1. The predicted molar refractivity (Wildman–Crippen MR) is 129 cm³/mol. The predicted octanol–water partition coefficient (Wildman–Crippen LogP) is 5.49. The smallest absolute Gasteiger partial charge is 0.277 e. The maximum absolute atomic E-state index is 14.1. The summed E-state index contributed by atoms with van der Waals surface area (Å²) in [6, 6.07) is 2.64. The maximum Gasteiger partial charge on any atom is 0.277 e. The first-order valence-corrected chi connectivity index (χ1v) is 12.8. The molecule has 34 heavy (non-hydrogen) atoms. The van der Waals surface area contributed by atoms with E-state index in [1.165, 1.54) is 16.4 Å². The average molecular weight is 524 g/mol. The third kappa shape index (κ3) is 4.23. The van der Waals surface area contributed by atoms with Crippen molar-refractivity contribution in [2.45, 2.75) is 25.9 Å². The summed E-state index contributed by atoms with van der Waals surface area (Å²) < 4.78 is 50.7. The van der Waals surface area contributed by atoms with Crippen molar-refractivity contribution in [3.63, 3.8) is 0 Å². The van der Waals surface area contributed by atoms with Crippen LogP contribution >= 0.6 is 23.2 Å². The first-order chi connectivity index (χ1) is 16.1. The summed E-state index contributed by atoms with van der Waals surface area (Å²) in [5.41, 5.74) is 4.20. The number of pyridine rings is 1. The van der Waals surface area contributed by atoms with Crippen LogP contribution in [0.4, 0.5) is 4.39 Å². The molecule has 0 saturated carbocycles. The van der Waals surface area contributed by atoms with Gasteiger partial charge in [0.1, 0.15) is 17.6 Å². The minimum absolute atomic E-state index is 0.0979. The number of rotatable bonds is 6. The van der Waals surface area contributed by atoms with Crippen LogP contribution in [-0.4, -0.2) is 30.8 Å². The van der Waals surface area contributed by atoms with Gasteiger partial charge < -0.3 is 9.15 Å². The highest BCUT2D eigenvalue weighted by Gasteiger charge is 2.28. The molecule has 1 atom stereocenters. The normalized spacial score (nSPS) is 17.4. The van der Waals surface area contributed by atoms with E-state index < -0.39 is 22.1 Å². The van der Waals surface area contributed by atoms with Crippen molar-refractivity contribution in [1.29, 1.82) is 0 Å². The van der Waals surface area contributed by atoms with Gasteiger partial charge in [0.05, 0.1) is 16.7 Å². The van der Waals surface area contributed by atoms with Gasteiger partial charge in [-0.15, -0.1) is 0 Å². The summed E-state index contributed by atoms with van der Waals surface area (Å²) in [6.07, 6.45) is 7.72. The topological polar surface area (TPSA) is 98.7 Å². The molecule has 5 rings (SSSR count). The number of nitrogens with zero attached hydrogens (tertiary/aromatic N) is 2. The zero-order valence-electron chi connectivity index (χ0n) is 18.0.